The number of hydrogen-bond donors (Lipinski definition) is 1. The number of aliphatic hydroxyl groups excluding tert-OH is 1. The summed E-state index contributed by atoms with van der Waals surface area (Å²) >= 11 is 0. The molecule has 2 fully saturated rings. The van der Waals surface area contributed by atoms with Crippen LogP contribution in [0.5, 0.6) is 0 Å². The van der Waals surface area contributed by atoms with Crippen LogP contribution in [0.4, 0.5) is 0 Å². The number of piperazine rings is 1. The van der Waals surface area contributed by atoms with E-state index in [2.05, 4.69) is 23.6 Å². The van der Waals surface area contributed by atoms with Crippen molar-refractivity contribution in [3.63, 3.8) is 0 Å². The van der Waals surface area contributed by atoms with Crippen LogP contribution in [0.3, 0.4) is 0 Å². The molecule has 0 aromatic heterocycles. The lowest BCUT2D eigenvalue weighted by Gasteiger charge is -2.41. The highest BCUT2D eigenvalue weighted by molar-refractivity contribution is 4.85. The summed E-state index contributed by atoms with van der Waals surface area (Å²) in [6.07, 6.45) is 6.38. The third-order valence-electron chi connectivity index (χ3n) is 4.74. The molecule has 3 heteroatoms. The largest absolute Gasteiger partial charge is 0.392 e. The summed E-state index contributed by atoms with van der Waals surface area (Å²) in [6.45, 7) is 8.90. The Balaban J connectivity index is 1.77. The van der Waals surface area contributed by atoms with Crippen LogP contribution in [-0.4, -0.2) is 59.3 Å². The van der Waals surface area contributed by atoms with Crippen molar-refractivity contribution in [3.8, 4) is 0 Å². The Bertz CT molecular complexity index is 220. The summed E-state index contributed by atoms with van der Waals surface area (Å²) in [4.78, 5) is 5.13. The second kappa shape index (κ2) is 6.17. The quantitative estimate of drug-likeness (QED) is 0.810. The van der Waals surface area contributed by atoms with E-state index in [1.54, 1.807) is 0 Å². The van der Waals surface area contributed by atoms with Gasteiger partial charge in [0.2, 0.25) is 0 Å². The van der Waals surface area contributed by atoms with E-state index < -0.39 is 0 Å². The van der Waals surface area contributed by atoms with Gasteiger partial charge in [0.05, 0.1) is 6.10 Å². The van der Waals surface area contributed by atoms with E-state index in [1.807, 2.05) is 0 Å². The summed E-state index contributed by atoms with van der Waals surface area (Å²) in [5, 5.41) is 9.90. The molecule has 2 rings (SSSR count). The van der Waals surface area contributed by atoms with Crippen molar-refractivity contribution in [2.24, 2.45) is 0 Å². The standard InChI is InChI=1S/C14H28N2O/c1-3-14(17)12(2)15-8-10-16(11-9-15)13-6-4-5-7-13/h12-14,17H,3-11H2,1-2H3. The van der Waals surface area contributed by atoms with E-state index >= 15 is 0 Å². The smallest absolute Gasteiger partial charge is 0.0690 e. The van der Waals surface area contributed by atoms with Crippen LogP contribution >= 0.6 is 0 Å². The topological polar surface area (TPSA) is 26.7 Å². The molecule has 1 N–H and O–H groups in total. The van der Waals surface area contributed by atoms with Crippen molar-refractivity contribution in [3.05, 3.63) is 0 Å². The van der Waals surface area contributed by atoms with E-state index in [4.69, 9.17) is 0 Å². The lowest BCUT2D eigenvalue weighted by molar-refractivity contribution is 0.0159. The molecule has 17 heavy (non-hydrogen) atoms. The van der Waals surface area contributed by atoms with Gasteiger partial charge in [0, 0.05) is 38.3 Å². The fourth-order valence-corrected chi connectivity index (χ4v) is 3.36. The summed E-state index contributed by atoms with van der Waals surface area (Å²) < 4.78 is 0. The fraction of sp³-hybridized carbons (Fsp3) is 1.00. The summed E-state index contributed by atoms with van der Waals surface area (Å²) in [6, 6.07) is 1.19. The van der Waals surface area contributed by atoms with Gasteiger partial charge in [-0.3, -0.25) is 9.80 Å². The predicted octanol–water partition coefficient (Wildman–Crippen LogP) is 1.71. The highest BCUT2D eigenvalue weighted by atomic mass is 16.3. The zero-order valence-electron chi connectivity index (χ0n) is 11.4. The SMILES string of the molecule is CCC(O)C(C)N1CCN(C2CCCC2)CC1. The average molecular weight is 240 g/mol. The van der Waals surface area contributed by atoms with Gasteiger partial charge in [0.1, 0.15) is 0 Å². The van der Waals surface area contributed by atoms with Crippen molar-refractivity contribution in [1.29, 1.82) is 0 Å². The summed E-state index contributed by atoms with van der Waals surface area (Å²) in [5.74, 6) is 0. The average Bonchev–Trinajstić information content (AvgIpc) is 2.91. The first kappa shape index (κ1) is 13.3. The molecule has 2 atom stereocenters. The Morgan fingerprint density at radius 3 is 2.24 bits per heavy atom. The zero-order chi connectivity index (χ0) is 12.3. The molecule has 100 valence electrons. The lowest BCUT2D eigenvalue weighted by atomic mass is 10.1. The Kier molecular flexibility index (Phi) is 4.83. The normalized spacial score (nSPS) is 28.4. The van der Waals surface area contributed by atoms with Crippen LogP contribution in [0.2, 0.25) is 0 Å². The van der Waals surface area contributed by atoms with Crippen LogP contribution in [0.15, 0.2) is 0 Å². The number of aliphatic hydroxyl groups is 1. The summed E-state index contributed by atoms with van der Waals surface area (Å²) in [7, 11) is 0. The molecule has 1 aliphatic heterocycles. The van der Waals surface area contributed by atoms with Gasteiger partial charge >= 0.3 is 0 Å². The Morgan fingerprint density at radius 1 is 1.12 bits per heavy atom. The second-order valence-corrected chi connectivity index (χ2v) is 5.73. The number of rotatable bonds is 4. The molecule has 0 spiro atoms. The van der Waals surface area contributed by atoms with Gasteiger partial charge in [-0.05, 0) is 26.2 Å². The maximum absolute atomic E-state index is 9.90. The first-order chi connectivity index (χ1) is 8.22. The van der Waals surface area contributed by atoms with E-state index in [1.165, 1.54) is 38.8 Å². The highest BCUT2D eigenvalue weighted by Gasteiger charge is 2.29. The minimum Gasteiger partial charge on any atom is -0.392 e. The first-order valence-electron chi connectivity index (χ1n) is 7.38. The molecule has 0 amide bonds. The van der Waals surface area contributed by atoms with Gasteiger partial charge in [-0.15, -0.1) is 0 Å². The third kappa shape index (κ3) is 3.21. The molecule has 1 aliphatic carbocycles. The molecule has 1 saturated heterocycles. The molecule has 0 aromatic rings. The predicted molar refractivity (Wildman–Crippen MR) is 71.2 cm³/mol. The van der Waals surface area contributed by atoms with Crippen molar-refractivity contribution in [1.82, 2.24) is 9.80 Å². The van der Waals surface area contributed by atoms with Crippen molar-refractivity contribution in [2.75, 3.05) is 26.2 Å². The monoisotopic (exact) mass is 240 g/mol. The fourth-order valence-electron chi connectivity index (χ4n) is 3.36. The molecule has 2 aliphatic rings. The third-order valence-corrected chi connectivity index (χ3v) is 4.74. The maximum Gasteiger partial charge on any atom is 0.0690 e. The molecule has 3 nitrogen and oxygen atoms in total. The second-order valence-electron chi connectivity index (χ2n) is 5.73. The molecular weight excluding hydrogens is 212 g/mol. The minimum absolute atomic E-state index is 0.159. The van der Waals surface area contributed by atoms with Gasteiger partial charge in [0.25, 0.3) is 0 Å². The van der Waals surface area contributed by atoms with Gasteiger partial charge in [0.15, 0.2) is 0 Å². The first-order valence-corrected chi connectivity index (χ1v) is 7.38. The maximum atomic E-state index is 9.90. The van der Waals surface area contributed by atoms with Crippen molar-refractivity contribution < 1.29 is 5.11 Å². The van der Waals surface area contributed by atoms with Gasteiger partial charge < -0.3 is 5.11 Å². The Morgan fingerprint density at radius 2 is 1.71 bits per heavy atom. The van der Waals surface area contributed by atoms with Crippen molar-refractivity contribution in [2.45, 2.75) is 64.1 Å². The number of nitrogens with zero attached hydrogens (tertiary/aromatic N) is 2. The molecule has 0 bridgehead atoms. The molecule has 0 aromatic carbocycles. The molecule has 0 radical (unpaired) electrons. The van der Waals surface area contributed by atoms with Crippen LogP contribution in [0.1, 0.15) is 46.0 Å². The van der Waals surface area contributed by atoms with Crippen LogP contribution in [-0.2, 0) is 0 Å². The van der Waals surface area contributed by atoms with E-state index in [-0.39, 0.29) is 6.10 Å². The van der Waals surface area contributed by atoms with E-state index in [0.717, 1.165) is 25.6 Å². The van der Waals surface area contributed by atoms with Gasteiger partial charge in [-0.1, -0.05) is 19.8 Å². The van der Waals surface area contributed by atoms with E-state index in [0.29, 0.717) is 6.04 Å². The molecule has 1 heterocycles. The van der Waals surface area contributed by atoms with Crippen LogP contribution < -0.4 is 0 Å². The Hall–Kier alpha value is -0.120. The zero-order valence-corrected chi connectivity index (χ0v) is 11.4. The number of hydrogen-bond acceptors (Lipinski definition) is 3. The van der Waals surface area contributed by atoms with Crippen LogP contribution in [0.25, 0.3) is 0 Å². The van der Waals surface area contributed by atoms with Gasteiger partial charge in [-0.25, -0.2) is 0 Å². The molecular formula is C14H28N2O. The molecule has 2 unspecified atom stereocenters. The lowest BCUT2D eigenvalue weighted by Crippen LogP contribution is -2.54. The minimum atomic E-state index is -0.159. The van der Waals surface area contributed by atoms with Gasteiger partial charge in [-0.2, -0.15) is 0 Å². The molecule has 1 saturated carbocycles. The Labute approximate surface area is 106 Å². The summed E-state index contributed by atoms with van der Waals surface area (Å²) in [5.41, 5.74) is 0. The van der Waals surface area contributed by atoms with Crippen molar-refractivity contribution >= 4 is 0 Å². The van der Waals surface area contributed by atoms with Crippen LogP contribution in [0, 0.1) is 0 Å². The highest BCUT2D eigenvalue weighted by Crippen LogP contribution is 2.24. The van der Waals surface area contributed by atoms with E-state index in [9.17, 15) is 5.11 Å².